The molecule has 1 aromatic rings. The van der Waals surface area contributed by atoms with Gasteiger partial charge in [0.2, 0.25) is 0 Å². The molecule has 2 amide bonds. The number of carboxylic acids is 1. The molecular formula is C12H16N2O4. The lowest BCUT2D eigenvalue weighted by Crippen LogP contribution is -2.37. The molecule has 0 unspecified atom stereocenters. The molecule has 0 atom stereocenters. The van der Waals surface area contributed by atoms with E-state index in [9.17, 15) is 14.7 Å². The van der Waals surface area contributed by atoms with Crippen LogP contribution in [-0.2, 0) is 4.79 Å². The number of carboxylic acid groups (broad SMARTS) is 1. The van der Waals surface area contributed by atoms with Crippen LogP contribution in [0.1, 0.15) is 12.8 Å². The summed E-state index contributed by atoms with van der Waals surface area (Å²) in [5.41, 5.74) is 0.561. The summed E-state index contributed by atoms with van der Waals surface area (Å²) in [4.78, 5) is 23.3. The predicted octanol–water partition coefficient (Wildman–Crippen LogP) is 1.40. The maximum Gasteiger partial charge on any atom is 0.321 e. The normalized spacial score (nSPS) is 9.83. The molecule has 0 aromatic heterocycles. The van der Waals surface area contributed by atoms with E-state index in [1.807, 2.05) is 0 Å². The molecular weight excluding hydrogens is 236 g/mol. The van der Waals surface area contributed by atoms with E-state index in [0.29, 0.717) is 18.7 Å². The molecule has 0 bridgehead atoms. The second-order valence-electron chi connectivity index (χ2n) is 3.81. The van der Waals surface area contributed by atoms with Gasteiger partial charge < -0.3 is 15.5 Å². The van der Waals surface area contributed by atoms with Gasteiger partial charge in [-0.2, -0.15) is 0 Å². The molecule has 0 aliphatic carbocycles. The van der Waals surface area contributed by atoms with Gasteiger partial charge in [0, 0.05) is 31.8 Å². The highest BCUT2D eigenvalue weighted by molar-refractivity contribution is 5.91. The van der Waals surface area contributed by atoms with Crippen LogP contribution < -0.4 is 10.2 Å². The van der Waals surface area contributed by atoms with E-state index < -0.39 is 5.97 Å². The Balaban J connectivity index is 2.44. The van der Waals surface area contributed by atoms with Crippen LogP contribution in [0.5, 0.6) is 5.75 Å². The van der Waals surface area contributed by atoms with Crippen molar-refractivity contribution in [1.29, 1.82) is 0 Å². The molecule has 6 heteroatoms. The average Bonchev–Trinajstić information content (AvgIpc) is 2.33. The summed E-state index contributed by atoms with van der Waals surface area (Å²) in [7, 11) is 1.57. The van der Waals surface area contributed by atoms with E-state index >= 15 is 0 Å². The first kappa shape index (κ1) is 13.8. The van der Waals surface area contributed by atoms with Gasteiger partial charge in [0.25, 0.3) is 0 Å². The minimum Gasteiger partial charge on any atom is -0.508 e. The molecule has 0 radical (unpaired) electrons. The molecule has 6 nitrogen and oxygen atoms in total. The number of anilines is 1. The lowest BCUT2D eigenvalue weighted by Gasteiger charge is -2.18. The number of nitrogens with zero attached hydrogens (tertiary/aromatic N) is 1. The Morgan fingerprint density at radius 3 is 2.72 bits per heavy atom. The second-order valence-corrected chi connectivity index (χ2v) is 3.81. The molecule has 0 saturated heterocycles. The smallest absolute Gasteiger partial charge is 0.321 e. The summed E-state index contributed by atoms with van der Waals surface area (Å²) in [6.45, 7) is 0.300. The third-order valence-corrected chi connectivity index (χ3v) is 2.37. The van der Waals surface area contributed by atoms with Crippen LogP contribution in [0.25, 0.3) is 0 Å². The molecule has 0 saturated carbocycles. The van der Waals surface area contributed by atoms with Crippen molar-refractivity contribution >= 4 is 17.7 Å². The number of rotatable bonds is 5. The van der Waals surface area contributed by atoms with E-state index in [4.69, 9.17) is 5.11 Å². The molecule has 0 aliphatic rings. The van der Waals surface area contributed by atoms with Crippen LogP contribution in [0, 0.1) is 0 Å². The fourth-order valence-corrected chi connectivity index (χ4v) is 1.37. The monoisotopic (exact) mass is 252 g/mol. The topological polar surface area (TPSA) is 89.9 Å². The standard InChI is InChI=1S/C12H16N2O4/c1-14(9-4-2-5-10(15)8-9)12(18)13-7-3-6-11(16)17/h2,4-5,8,15H,3,6-7H2,1H3,(H,13,18)(H,16,17). The second kappa shape index (κ2) is 6.48. The maximum absolute atomic E-state index is 11.7. The Labute approximate surface area is 105 Å². The molecule has 18 heavy (non-hydrogen) atoms. The molecule has 1 rings (SSSR count). The van der Waals surface area contributed by atoms with Gasteiger partial charge in [-0.3, -0.25) is 9.69 Å². The quantitative estimate of drug-likeness (QED) is 0.691. The summed E-state index contributed by atoms with van der Waals surface area (Å²) in [6.07, 6.45) is 0.408. The van der Waals surface area contributed by atoms with Gasteiger partial charge in [0.05, 0.1) is 0 Å². The van der Waals surface area contributed by atoms with Gasteiger partial charge in [-0.05, 0) is 18.6 Å². The van der Waals surface area contributed by atoms with Gasteiger partial charge in [-0.25, -0.2) is 4.79 Å². The zero-order valence-electron chi connectivity index (χ0n) is 10.1. The highest BCUT2D eigenvalue weighted by atomic mass is 16.4. The van der Waals surface area contributed by atoms with Crippen molar-refractivity contribution in [2.45, 2.75) is 12.8 Å². The van der Waals surface area contributed by atoms with E-state index in [2.05, 4.69) is 5.32 Å². The number of carbonyl (C=O) groups is 2. The first-order chi connectivity index (χ1) is 8.50. The number of urea groups is 1. The predicted molar refractivity (Wildman–Crippen MR) is 66.8 cm³/mol. The fourth-order valence-electron chi connectivity index (χ4n) is 1.37. The number of nitrogens with one attached hydrogen (secondary N) is 1. The van der Waals surface area contributed by atoms with Crippen molar-refractivity contribution < 1.29 is 19.8 Å². The number of amides is 2. The molecule has 0 fully saturated rings. The average molecular weight is 252 g/mol. The molecule has 0 aliphatic heterocycles. The number of benzene rings is 1. The Bertz CT molecular complexity index is 434. The minimum absolute atomic E-state index is 0.0239. The summed E-state index contributed by atoms with van der Waals surface area (Å²) in [5.74, 6) is -0.802. The Morgan fingerprint density at radius 1 is 1.39 bits per heavy atom. The summed E-state index contributed by atoms with van der Waals surface area (Å²) in [5, 5.41) is 20.3. The van der Waals surface area contributed by atoms with E-state index in [0.717, 1.165) is 0 Å². The van der Waals surface area contributed by atoms with Gasteiger partial charge >= 0.3 is 12.0 Å². The van der Waals surface area contributed by atoms with Gasteiger partial charge in [0.15, 0.2) is 0 Å². The lowest BCUT2D eigenvalue weighted by atomic mass is 10.3. The van der Waals surface area contributed by atoms with Gasteiger partial charge in [0.1, 0.15) is 5.75 Å². The van der Waals surface area contributed by atoms with E-state index in [1.165, 1.54) is 17.0 Å². The summed E-state index contributed by atoms with van der Waals surface area (Å²) < 4.78 is 0. The number of carbonyl (C=O) groups excluding carboxylic acids is 1. The molecule has 1 aromatic carbocycles. The highest BCUT2D eigenvalue weighted by Crippen LogP contribution is 2.18. The third kappa shape index (κ3) is 4.32. The van der Waals surface area contributed by atoms with Crippen molar-refractivity contribution in [2.24, 2.45) is 0 Å². The van der Waals surface area contributed by atoms with E-state index in [1.54, 1.807) is 19.2 Å². The largest absolute Gasteiger partial charge is 0.508 e. The molecule has 98 valence electrons. The minimum atomic E-state index is -0.884. The number of hydrogen-bond acceptors (Lipinski definition) is 3. The number of phenols is 1. The lowest BCUT2D eigenvalue weighted by molar-refractivity contribution is -0.137. The van der Waals surface area contributed by atoms with Crippen LogP contribution in [-0.4, -0.2) is 35.8 Å². The third-order valence-electron chi connectivity index (χ3n) is 2.37. The maximum atomic E-state index is 11.7. The SMILES string of the molecule is CN(C(=O)NCCCC(=O)O)c1cccc(O)c1. The number of hydrogen-bond donors (Lipinski definition) is 3. The zero-order chi connectivity index (χ0) is 13.5. The van der Waals surface area contributed by atoms with Crippen molar-refractivity contribution in [1.82, 2.24) is 5.32 Å². The molecule has 0 spiro atoms. The summed E-state index contributed by atoms with van der Waals surface area (Å²) >= 11 is 0. The molecule has 0 heterocycles. The first-order valence-electron chi connectivity index (χ1n) is 5.53. The number of phenolic OH excluding ortho intramolecular Hbond substituents is 1. The van der Waals surface area contributed by atoms with Crippen LogP contribution in [0.2, 0.25) is 0 Å². The van der Waals surface area contributed by atoms with Crippen molar-refractivity contribution in [3.05, 3.63) is 24.3 Å². The van der Waals surface area contributed by atoms with Crippen LogP contribution in [0.15, 0.2) is 24.3 Å². The van der Waals surface area contributed by atoms with Crippen molar-refractivity contribution in [2.75, 3.05) is 18.5 Å². The van der Waals surface area contributed by atoms with Gasteiger partial charge in [-0.1, -0.05) is 6.07 Å². The van der Waals surface area contributed by atoms with Crippen LogP contribution in [0.4, 0.5) is 10.5 Å². The highest BCUT2D eigenvalue weighted by Gasteiger charge is 2.10. The number of aromatic hydroxyl groups is 1. The van der Waals surface area contributed by atoms with Crippen LogP contribution >= 0.6 is 0 Å². The molecule has 3 N–H and O–H groups in total. The van der Waals surface area contributed by atoms with Crippen LogP contribution in [0.3, 0.4) is 0 Å². The summed E-state index contributed by atoms with van der Waals surface area (Å²) in [6, 6.07) is 5.97. The number of aliphatic carboxylic acids is 1. The Hall–Kier alpha value is -2.24. The van der Waals surface area contributed by atoms with Crippen molar-refractivity contribution in [3.63, 3.8) is 0 Å². The Kier molecular flexibility index (Phi) is 4.98. The first-order valence-corrected chi connectivity index (χ1v) is 5.53. The van der Waals surface area contributed by atoms with Crippen molar-refractivity contribution in [3.8, 4) is 5.75 Å². The zero-order valence-corrected chi connectivity index (χ0v) is 10.1. The van der Waals surface area contributed by atoms with E-state index in [-0.39, 0.29) is 18.2 Å². The Morgan fingerprint density at radius 2 is 2.11 bits per heavy atom. The fraction of sp³-hybridized carbons (Fsp3) is 0.333. The van der Waals surface area contributed by atoms with Gasteiger partial charge in [-0.15, -0.1) is 0 Å².